The number of aromatic hydroxyl groups is 1. The first-order valence-electron chi connectivity index (χ1n) is 6.20. The Balaban J connectivity index is 1.70. The monoisotopic (exact) mass is 262 g/mol. The first-order valence-corrected chi connectivity index (χ1v) is 6.20. The second-order valence-electron chi connectivity index (χ2n) is 4.21. The smallest absolute Gasteiger partial charge is 0.137 e. The normalized spacial score (nSPS) is 10.6. The van der Waals surface area contributed by atoms with Crippen molar-refractivity contribution in [3.05, 3.63) is 35.9 Å². The van der Waals surface area contributed by atoms with E-state index in [9.17, 15) is 5.11 Å². The van der Waals surface area contributed by atoms with E-state index in [0.29, 0.717) is 12.3 Å². The van der Waals surface area contributed by atoms with E-state index in [1.165, 1.54) is 6.33 Å². The summed E-state index contributed by atoms with van der Waals surface area (Å²) in [4.78, 5) is 4.06. The number of H-pyrrole nitrogens is 1. The highest BCUT2D eigenvalue weighted by molar-refractivity contribution is 5.39. The minimum absolute atomic E-state index is 0.252. The predicted octanol–water partition coefficient (Wildman–Crippen LogP) is 1.24. The summed E-state index contributed by atoms with van der Waals surface area (Å²) in [6.07, 6.45) is 3.34. The standard InChI is InChI=1S/C13H18N4O2/c1-19-11-5-4-10(12(18)7-11)8-14-6-2-3-13-15-9-16-17-13/h4-5,7,9,14,18H,2-3,6,8H2,1H3,(H,15,16,17). The number of aromatic amines is 1. The van der Waals surface area contributed by atoms with Crippen LogP contribution in [-0.4, -0.2) is 33.9 Å². The van der Waals surface area contributed by atoms with Crippen LogP contribution in [0.5, 0.6) is 11.5 Å². The quantitative estimate of drug-likeness (QED) is 0.654. The van der Waals surface area contributed by atoms with E-state index in [-0.39, 0.29) is 5.75 Å². The molecule has 0 saturated carbocycles. The fourth-order valence-corrected chi connectivity index (χ4v) is 1.78. The van der Waals surface area contributed by atoms with Gasteiger partial charge < -0.3 is 15.2 Å². The van der Waals surface area contributed by atoms with Crippen LogP contribution in [-0.2, 0) is 13.0 Å². The molecule has 0 unspecified atom stereocenters. The van der Waals surface area contributed by atoms with Crippen LogP contribution in [0.1, 0.15) is 17.8 Å². The molecule has 2 rings (SSSR count). The average Bonchev–Trinajstić information content (AvgIpc) is 2.93. The van der Waals surface area contributed by atoms with Crippen LogP contribution in [0.4, 0.5) is 0 Å². The topological polar surface area (TPSA) is 83.1 Å². The number of aryl methyl sites for hydroxylation is 1. The van der Waals surface area contributed by atoms with Gasteiger partial charge in [0.15, 0.2) is 0 Å². The lowest BCUT2D eigenvalue weighted by Crippen LogP contribution is -2.15. The number of benzene rings is 1. The Labute approximate surface area is 111 Å². The fourth-order valence-electron chi connectivity index (χ4n) is 1.78. The Kier molecular flexibility index (Phi) is 4.74. The Morgan fingerprint density at radius 1 is 1.42 bits per heavy atom. The molecule has 0 fully saturated rings. The lowest BCUT2D eigenvalue weighted by Gasteiger charge is -2.08. The van der Waals surface area contributed by atoms with E-state index in [0.717, 1.165) is 30.8 Å². The molecular weight excluding hydrogens is 244 g/mol. The molecule has 2 aromatic rings. The van der Waals surface area contributed by atoms with Gasteiger partial charge in [-0.25, -0.2) is 4.98 Å². The van der Waals surface area contributed by atoms with Gasteiger partial charge in [0.25, 0.3) is 0 Å². The van der Waals surface area contributed by atoms with Crippen LogP contribution in [0, 0.1) is 0 Å². The zero-order chi connectivity index (χ0) is 13.5. The Bertz CT molecular complexity index is 499. The van der Waals surface area contributed by atoms with Crippen LogP contribution in [0.3, 0.4) is 0 Å². The van der Waals surface area contributed by atoms with E-state index in [1.807, 2.05) is 12.1 Å². The summed E-state index contributed by atoms with van der Waals surface area (Å²) in [7, 11) is 1.58. The minimum atomic E-state index is 0.252. The van der Waals surface area contributed by atoms with Crippen molar-refractivity contribution in [1.82, 2.24) is 20.5 Å². The fraction of sp³-hybridized carbons (Fsp3) is 0.385. The van der Waals surface area contributed by atoms with Crippen LogP contribution in [0.15, 0.2) is 24.5 Å². The molecule has 0 amide bonds. The molecule has 1 aromatic carbocycles. The van der Waals surface area contributed by atoms with Gasteiger partial charge in [0.05, 0.1) is 7.11 Å². The van der Waals surface area contributed by atoms with Crippen LogP contribution in [0.25, 0.3) is 0 Å². The summed E-state index contributed by atoms with van der Waals surface area (Å²) in [6.45, 7) is 1.48. The number of methoxy groups -OCH3 is 1. The molecular formula is C13H18N4O2. The zero-order valence-electron chi connectivity index (χ0n) is 10.9. The summed E-state index contributed by atoms with van der Waals surface area (Å²) in [6, 6.07) is 5.31. The zero-order valence-corrected chi connectivity index (χ0v) is 10.9. The molecule has 0 aliphatic rings. The minimum Gasteiger partial charge on any atom is -0.507 e. The van der Waals surface area contributed by atoms with E-state index < -0.39 is 0 Å². The highest BCUT2D eigenvalue weighted by Crippen LogP contribution is 2.22. The van der Waals surface area contributed by atoms with Crippen molar-refractivity contribution in [3.8, 4) is 11.5 Å². The summed E-state index contributed by atoms with van der Waals surface area (Å²) in [5.41, 5.74) is 0.862. The number of ether oxygens (including phenoxy) is 1. The number of nitrogens with zero attached hydrogens (tertiary/aromatic N) is 2. The second-order valence-corrected chi connectivity index (χ2v) is 4.21. The van der Waals surface area contributed by atoms with Gasteiger partial charge in [-0.1, -0.05) is 6.07 Å². The molecule has 1 heterocycles. The summed E-state index contributed by atoms with van der Waals surface area (Å²) in [5.74, 6) is 1.81. The third-order valence-corrected chi connectivity index (χ3v) is 2.84. The van der Waals surface area contributed by atoms with Gasteiger partial charge in [0.2, 0.25) is 0 Å². The molecule has 3 N–H and O–H groups in total. The molecule has 102 valence electrons. The van der Waals surface area contributed by atoms with Crippen molar-refractivity contribution >= 4 is 0 Å². The Hall–Kier alpha value is -2.08. The van der Waals surface area contributed by atoms with Gasteiger partial charge in [-0.05, 0) is 19.0 Å². The van der Waals surface area contributed by atoms with E-state index in [2.05, 4.69) is 20.5 Å². The van der Waals surface area contributed by atoms with Gasteiger partial charge in [0.1, 0.15) is 23.7 Å². The molecule has 0 saturated heterocycles. The van der Waals surface area contributed by atoms with Crippen LogP contribution >= 0.6 is 0 Å². The third-order valence-electron chi connectivity index (χ3n) is 2.84. The summed E-state index contributed by atoms with van der Waals surface area (Å²) < 4.78 is 5.04. The molecule has 0 aliphatic heterocycles. The lowest BCUT2D eigenvalue weighted by molar-refractivity contribution is 0.406. The van der Waals surface area contributed by atoms with Crippen molar-refractivity contribution in [1.29, 1.82) is 0 Å². The maximum Gasteiger partial charge on any atom is 0.137 e. The molecule has 0 spiro atoms. The molecule has 0 atom stereocenters. The number of aromatic nitrogens is 3. The number of hydrogen-bond donors (Lipinski definition) is 3. The number of rotatable bonds is 7. The number of hydrogen-bond acceptors (Lipinski definition) is 5. The van der Waals surface area contributed by atoms with Crippen LogP contribution < -0.4 is 10.1 Å². The number of phenols is 1. The van der Waals surface area contributed by atoms with E-state index >= 15 is 0 Å². The maximum atomic E-state index is 9.79. The Morgan fingerprint density at radius 3 is 3.00 bits per heavy atom. The summed E-state index contributed by atoms with van der Waals surface area (Å²) in [5, 5.41) is 19.7. The van der Waals surface area contributed by atoms with Gasteiger partial charge >= 0.3 is 0 Å². The van der Waals surface area contributed by atoms with Gasteiger partial charge in [-0.3, -0.25) is 5.10 Å². The molecule has 1 aromatic heterocycles. The SMILES string of the molecule is COc1ccc(CNCCCc2ncn[nH]2)c(O)c1. The maximum absolute atomic E-state index is 9.79. The number of phenolic OH excluding ortho intramolecular Hbond substituents is 1. The first-order chi connectivity index (χ1) is 9.29. The highest BCUT2D eigenvalue weighted by atomic mass is 16.5. The predicted molar refractivity (Wildman–Crippen MR) is 71.1 cm³/mol. The largest absolute Gasteiger partial charge is 0.507 e. The molecule has 0 aliphatic carbocycles. The third kappa shape index (κ3) is 3.96. The van der Waals surface area contributed by atoms with Crippen LogP contribution in [0.2, 0.25) is 0 Å². The molecule has 0 bridgehead atoms. The van der Waals surface area contributed by atoms with Crippen molar-refractivity contribution in [2.75, 3.05) is 13.7 Å². The van der Waals surface area contributed by atoms with Gasteiger partial charge in [0, 0.05) is 24.6 Å². The average molecular weight is 262 g/mol. The van der Waals surface area contributed by atoms with Crippen molar-refractivity contribution < 1.29 is 9.84 Å². The molecule has 6 nitrogen and oxygen atoms in total. The molecule has 0 radical (unpaired) electrons. The first kappa shape index (κ1) is 13.4. The lowest BCUT2D eigenvalue weighted by atomic mass is 10.2. The Morgan fingerprint density at radius 2 is 2.32 bits per heavy atom. The number of nitrogens with one attached hydrogen (secondary N) is 2. The van der Waals surface area contributed by atoms with E-state index in [1.54, 1.807) is 13.2 Å². The molecule has 6 heteroatoms. The van der Waals surface area contributed by atoms with Crippen molar-refractivity contribution in [2.24, 2.45) is 0 Å². The van der Waals surface area contributed by atoms with Gasteiger partial charge in [-0.15, -0.1) is 0 Å². The second kappa shape index (κ2) is 6.75. The van der Waals surface area contributed by atoms with Gasteiger partial charge in [-0.2, -0.15) is 5.10 Å². The summed E-state index contributed by atoms with van der Waals surface area (Å²) >= 11 is 0. The van der Waals surface area contributed by atoms with E-state index in [4.69, 9.17) is 4.74 Å². The molecule has 19 heavy (non-hydrogen) atoms. The van der Waals surface area contributed by atoms with Crippen molar-refractivity contribution in [3.63, 3.8) is 0 Å². The van der Waals surface area contributed by atoms with Crippen molar-refractivity contribution in [2.45, 2.75) is 19.4 Å². The highest BCUT2D eigenvalue weighted by Gasteiger charge is 2.02.